The van der Waals surface area contributed by atoms with Crippen LogP contribution in [0, 0.1) is 0 Å². The number of rotatable bonds is 10. The Morgan fingerprint density at radius 1 is 1.05 bits per heavy atom. The lowest BCUT2D eigenvalue weighted by molar-refractivity contribution is 0.0925. The van der Waals surface area contributed by atoms with Gasteiger partial charge >= 0.3 is 0 Å². The molecule has 1 saturated carbocycles. The summed E-state index contributed by atoms with van der Waals surface area (Å²) < 4.78 is 0. The number of primary amides is 1. The van der Waals surface area contributed by atoms with E-state index in [1.807, 2.05) is 31.2 Å². The summed E-state index contributed by atoms with van der Waals surface area (Å²) >= 11 is 0. The number of nitrogens with zero attached hydrogens (tertiary/aromatic N) is 2. The third kappa shape index (κ3) is 6.87. The molecule has 37 heavy (non-hydrogen) atoms. The van der Waals surface area contributed by atoms with E-state index < -0.39 is 5.91 Å². The predicted octanol–water partition coefficient (Wildman–Crippen LogP) is 3.88. The van der Waals surface area contributed by atoms with Gasteiger partial charge in [0.25, 0.3) is 5.91 Å². The van der Waals surface area contributed by atoms with Crippen LogP contribution < -0.4 is 32.7 Å². The van der Waals surface area contributed by atoms with Gasteiger partial charge in [-0.25, -0.2) is 4.98 Å². The molecule has 1 aromatic heterocycles. The number of nitrogens with two attached hydrogens (primary N) is 2. The summed E-state index contributed by atoms with van der Waals surface area (Å²) in [7, 11) is 0. The van der Waals surface area contributed by atoms with E-state index in [0.29, 0.717) is 35.1 Å². The minimum absolute atomic E-state index is 0.0317. The molecule has 0 spiro atoms. The van der Waals surface area contributed by atoms with Crippen molar-refractivity contribution in [3.05, 3.63) is 65.9 Å². The highest BCUT2D eigenvalue weighted by molar-refractivity contribution is 5.99. The zero-order chi connectivity index (χ0) is 26.2. The summed E-state index contributed by atoms with van der Waals surface area (Å²) in [5.74, 6) is 0.104. The molecule has 2 atom stereocenters. The van der Waals surface area contributed by atoms with Crippen molar-refractivity contribution in [2.75, 3.05) is 28.2 Å². The lowest BCUT2D eigenvalue weighted by Gasteiger charge is -2.31. The van der Waals surface area contributed by atoms with Gasteiger partial charge in [0.05, 0.1) is 11.4 Å². The molecule has 0 saturated heterocycles. The van der Waals surface area contributed by atoms with Crippen molar-refractivity contribution in [2.24, 2.45) is 5.73 Å². The van der Waals surface area contributed by atoms with Crippen LogP contribution in [-0.2, 0) is 0 Å². The third-order valence-corrected chi connectivity index (χ3v) is 6.33. The largest absolute Gasteiger partial charge is 0.397 e. The first-order valence-electron chi connectivity index (χ1n) is 12.6. The lowest BCUT2D eigenvalue weighted by Crippen LogP contribution is -2.42. The first-order valence-corrected chi connectivity index (χ1v) is 12.6. The molecule has 10 heteroatoms. The molecule has 4 rings (SSSR count). The normalized spacial score (nSPS) is 17.0. The highest BCUT2D eigenvalue weighted by atomic mass is 16.2. The number of anilines is 5. The van der Waals surface area contributed by atoms with Crippen molar-refractivity contribution in [3.63, 3.8) is 0 Å². The van der Waals surface area contributed by atoms with Crippen LogP contribution in [0.4, 0.5) is 28.8 Å². The minimum atomic E-state index is -0.492. The summed E-state index contributed by atoms with van der Waals surface area (Å²) in [6.45, 7) is 2.71. The molecule has 8 N–H and O–H groups in total. The van der Waals surface area contributed by atoms with Crippen molar-refractivity contribution >= 4 is 40.6 Å². The Hall–Kier alpha value is -4.34. The fraction of sp³-hybridized carbons (Fsp3) is 0.333. The van der Waals surface area contributed by atoms with Gasteiger partial charge in [0, 0.05) is 36.1 Å². The van der Waals surface area contributed by atoms with Crippen LogP contribution in [0.5, 0.6) is 0 Å². The summed E-state index contributed by atoms with van der Waals surface area (Å²) in [6, 6.07) is 14.7. The lowest BCUT2D eigenvalue weighted by atomic mass is 9.90. The van der Waals surface area contributed by atoms with Gasteiger partial charge in [-0.1, -0.05) is 19.1 Å². The van der Waals surface area contributed by atoms with Crippen molar-refractivity contribution in [3.8, 4) is 0 Å². The molecule has 2 aromatic carbocycles. The van der Waals surface area contributed by atoms with Gasteiger partial charge in [-0.05, 0) is 68.5 Å². The van der Waals surface area contributed by atoms with Gasteiger partial charge in [-0.2, -0.15) is 4.98 Å². The van der Waals surface area contributed by atoms with Gasteiger partial charge in [0.2, 0.25) is 11.9 Å². The van der Waals surface area contributed by atoms with Crippen LogP contribution in [0.15, 0.2) is 54.7 Å². The number of nitrogens with one attached hydrogen (secondary N) is 4. The van der Waals surface area contributed by atoms with Crippen LogP contribution in [0.25, 0.3) is 0 Å². The Kier molecular flexibility index (Phi) is 8.40. The van der Waals surface area contributed by atoms with Crippen LogP contribution in [0.2, 0.25) is 0 Å². The van der Waals surface area contributed by atoms with E-state index in [4.69, 9.17) is 11.5 Å². The molecule has 0 aliphatic heterocycles. The SMILES string of the molecule is CCCNc1nc(Nc2ccc(C(N)=O)cc2)ncc1C(=O)NC1CCCC(Nc2ccccc2N)C1. The molecular weight excluding hydrogens is 468 g/mol. The number of hydrogen-bond donors (Lipinski definition) is 6. The molecule has 194 valence electrons. The zero-order valence-corrected chi connectivity index (χ0v) is 21.0. The predicted molar refractivity (Wildman–Crippen MR) is 147 cm³/mol. The number of carbonyl (C=O) groups excluding carboxylic acids is 2. The molecule has 1 heterocycles. The second-order valence-electron chi connectivity index (χ2n) is 9.21. The number of hydrogen-bond acceptors (Lipinski definition) is 8. The van der Waals surface area contributed by atoms with Gasteiger partial charge < -0.3 is 32.7 Å². The summed E-state index contributed by atoms with van der Waals surface area (Å²) in [4.78, 5) is 33.4. The Labute approximate surface area is 216 Å². The van der Waals surface area contributed by atoms with E-state index in [1.54, 1.807) is 24.3 Å². The summed E-state index contributed by atoms with van der Waals surface area (Å²) in [6.07, 6.45) is 6.15. The third-order valence-electron chi connectivity index (χ3n) is 6.33. The van der Waals surface area contributed by atoms with E-state index in [0.717, 1.165) is 43.5 Å². The highest BCUT2D eigenvalue weighted by Gasteiger charge is 2.25. The molecule has 1 aliphatic rings. The van der Waals surface area contributed by atoms with E-state index in [1.165, 1.54) is 6.20 Å². The van der Waals surface area contributed by atoms with Crippen molar-refractivity contribution in [1.29, 1.82) is 0 Å². The molecule has 0 bridgehead atoms. The second kappa shape index (κ2) is 12.1. The number of benzene rings is 2. The monoisotopic (exact) mass is 502 g/mol. The molecule has 3 aromatic rings. The Balaban J connectivity index is 1.43. The standard InChI is InChI=1S/C27H34N8O2/c1-2-14-30-25-21(16-31-27(35-25)34-18-12-10-17(11-13-18)24(29)36)26(37)33-20-7-5-6-19(15-20)32-23-9-4-3-8-22(23)28/h3-4,8-13,16,19-20,32H,2,5-7,14-15,28H2,1H3,(H2,29,36)(H,33,37)(H2,30,31,34,35). The molecule has 0 radical (unpaired) electrons. The smallest absolute Gasteiger partial charge is 0.256 e. The van der Waals surface area contributed by atoms with Crippen molar-refractivity contribution in [2.45, 2.75) is 51.1 Å². The number of para-hydroxylation sites is 2. The van der Waals surface area contributed by atoms with E-state index in [-0.39, 0.29) is 18.0 Å². The van der Waals surface area contributed by atoms with Crippen molar-refractivity contribution < 1.29 is 9.59 Å². The van der Waals surface area contributed by atoms with Gasteiger partial charge in [-0.15, -0.1) is 0 Å². The maximum absolute atomic E-state index is 13.3. The average molecular weight is 503 g/mol. The Bertz CT molecular complexity index is 1230. The quantitative estimate of drug-likeness (QED) is 0.228. The van der Waals surface area contributed by atoms with Crippen LogP contribution >= 0.6 is 0 Å². The summed E-state index contributed by atoms with van der Waals surface area (Å²) in [5.41, 5.74) is 14.5. The first kappa shape index (κ1) is 25.7. The number of aromatic nitrogens is 2. The second-order valence-corrected chi connectivity index (χ2v) is 9.21. The minimum Gasteiger partial charge on any atom is -0.397 e. The topological polar surface area (TPSA) is 160 Å². The van der Waals surface area contributed by atoms with Gasteiger partial charge in [-0.3, -0.25) is 9.59 Å². The maximum Gasteiger partial charge on any atom is 0.256 e. The fourth-order valence-corrected chi connectivity index (χ4v) is 4.40. The van der Waals surface area contributed by atoms with Crippen molar-refractivity contribution in [1.82, 2.24) is 15.3 Å². The Morgan fingerprint density at radius 3 is 2.54 bits per heavy atom. The van der Waals surface area contributed by atoms with Gasteiger partial charge in [0.15, 0.2) is 0 Å². The number of carbonyl (C=O) groups is 2. The highest BCUT2D eigenvalue weighted by Crippen LogP contribution is 2.26. The van der Waals surface area contributed by atoms with Gasteiger partial charge in [0.1, 0.15) is 11.4 Å². The maximum atomic E-state index is 13.3. The first-order chi connectivity index (χ1) is 17.9. The van der Waals surface area contributed by atoms with Crippen LogP contribution in [0.1, 0.15) is 59.7 Å². The molecular formula is C27H34N8O2. The number of amides is 2. The molecule has 10 nitrogen and oxygen atoms in total. The zero-order valence-electron chi connectivity index (χ0n) is 21.0. The average Bonchev–Trinajstić information content (AvgIpc) is 2.89. The molecule has 2 amide bonds. The Morgan fingerprint density at radius 2 is 1.81 bits per heavy atom. The molecule has 2 unspecified atom stereocenters. The molecule has 1 aliphatic carbocycles. The van der Waals surface area contributed by atoms with E-state index >= 15 is 0 Å². The molecule has 1 fully saturated rings. The van der Waals surface area contributed by atoms with E-state index in [9.17, 15) is 9.59 Å². The van der Waals surface area contributed by atoms with Crippen LogP contribution in [0.3, 0.4) is 0 Å². The fourth-order valence-electron chi connectivity index (χ4n) is 4.40. The number of nitrogen functional groups attached to an aromatic ring is 1. The van der Waals surface area contributed by atoms with Crippen LogP contribution in [-0.4, -0.2) is 40.4 Å². The van der Waals surface area contributed by atoms with E-state index in [2.05, 4.69) is 31.2 Å². The summed E-state index contributed by atoms with van der Waals surface area (Å²) in [5, 5.41) is 13.0.